The van der Waals surface area contributed by atoms with Crippen molar-refractivity contribution < 1.29 is 0 Å². The Hall–Kier alpha value is 0.0500. The number of hydrogen-bond acceptors (Lipinski definition) is 3. The first kappa shape index (κ1) is 12.1. The number of rotatable bonds is 6. The summed E-state index contributed by atoms with van der Waals surface area (Å²) in [4.78, 5) is 1.36. The average molecular weight is 290 g/mol. The second kappa shape index (κ2) is 7.36. The molecule has 0 aromatic carbocycles. The van der Waals surface area contributed by atoms with Crippen LogP contribution in [-0.2, 0) is 6.54 Å². The molecule has 0 radical (unpaired) electrons. The minimum Gasteiger partial charge on any atom is -0.311 e. The molecule has 76 valence electrons. The monoisotopic (exact) mass is 289 g/mol. The van der Waals surface area contributed by atoms with Gasteiger partial charge < -0.3 is 5.32 Å². The summed E-state index contributed by atoms with van der Waals surface area (Å²) in [5.74, 6) is 4.50. The summed E-state index contributed by atoms with van der Waals surface area (Å²) in [6.45, 7) is 1.97. The molecule has 1 rings (SSSR count). The molecule has 0 aliphatic rings. The van der Waals surface area contributed by atoms with Gasteiger partial charge in [0.25, 0.3) is 0 Å². The lowest BCUT2D eigenvalue weighted by atomic mass is 10.4. The van der Waals surface area contributed by atoms with Gasteiger partial charge in [-0.25, -0.2) is 0 Å². The van der Waals surface area contributed by atoms with Gasteiger partial charge in [0, 0.05) is 33.6 Å². The third-order valence-corrected chi connectivity index (χ3v) is 4.09. The lowest BCUT2D eigenvalue weighted by Crippen LogP contribution is -2.15. The zero-order valence-corrected chi connectivity index (χ0v) is 11.0. The molecule has 0 saturated carbocycles. The Balaban J connectivity index is 2.02. The standard InChI is InChI=1S/C10H12BrNS2/c1-2-4-13-5-3-12-7-10-6-9(11)8-14-10/h1,6,8,12H,3-5,7H2. The van der Waals surface area contributed by atoms with Crippen molar-refractivity contribution in [3.8, 4) is 12.3 Å². The van der Waals surface area contributed by atoms with Crippen LogP contribution in [-0.4, -0.2) is 18.1 Å². The van der Waals surface area contributed by atoms with Crippen molar-refractivity contribution in [2.45, 2.75) is 6.54 Å². The smallest absolute Gasteiger partial charge is 0.0545 e. The van der Waals surface area contributed by atoms with Crippen molar-refractivity contribution in [1.29, 1.82) is 0 Å². The van der Waals surface area contributed by atoms with Crippen molar-refractivity contribution >= 4 is 39.0 Å². The zero-order chi connectivity index (χ0) is 10.2. The van der Waals surface area contributed by atoms with Gasteiger partial charge in [-0.1, -0.05) is 5.92 Å². The molecule has 1 N–H and O–H groups in total. The predicted molar refractivity (Wildman–Crippen MR) is 69.9 cm³/mol. The van der Waals surface area contributed by atoms with Crippen LogP contribution in [0.2, 0.25) is 0 Å². The maximum absolute atomic E-state index is 5.14. The van der Waals surface area contributed by atoms with E-state index >= 15 is 0 Å². The third-order valence-electron chi connectivity index (χ3n) is 1.53. The van der Waals surface area contributed by atoms with E-state index in [4.69, 9.17) is 6.42 Å². The van der Waals surface area contributed by atoms with Crippen LogP contribution in [0, 0.1) is 12.3 Å². The highest BCUT2D eigenvalue weighted by atomic mass is 79.9. The highest BCUT2D eigenvalue weighted by Crippen LogP contribution is 2.19. The number of nitrogens with one attached hydrogen (secondary N) is 1. The summed E-state index contributed by atoms with van der Waals surface area (Å²) in [6, 6.07) is 2.15. The van der Waals surface area contributed by atoms with Crippen LogP contribution in [0.15, 0.2) is 15.9 Å². The summed E-state index contributed by atoms with van der Waals surface area (Å²) in [5, 5.41) is 5.48. The average Bonchev–Trinajstić information content (AvgIpc) is 2.58. The van der Waals surface area contributed by atoms with Crippen molar-refractivity contribution in [1.82, 2.24) is 5.32 Å². The lowest BCUT2D eigenvalue weighted by molar-refractivity contribution is 0.741. The molecule has 0 spiro atoms. The Morgan fingerprint density at radius 3 is 3.14 bits per heavy atom. The van der Waals surface area contributed by atoms with E-state index in [-0.39, 0.29) is 0 Å². The molecule has 1 heterocycles. The zero-order valence-electron chi connectivity index (χ0n) is 7.75. The first-order valence-electron chi connectivity index (χ1n) is 4.28. The van der Waals surface area contributed by atoms with Gasteiger partial charge in [0.05, 0.1) is 5.75 Å². The third kappa shape index (κ3) is 5.06. The summed E-state index contributed by atoms with van der Waals surface area (Å²) in [5.41, 5.74) is 0. The van der Waals surface area contributed by atoms with Gasteiger partial charge in [-0.3, -0.25) is 0 Å². The fourth-order valence-electron chi connectivity index (χ4n) is 0.934. The quantitative estimate of drug-likeness (QED) is 0.638. The Kier molecular flexibility index (Phi) is 6.37. The Labute approximate surface area is 102 Å². The van der Waals surface area contributed by atoms with Crippen molar-refractivity contribution in [3.05, 3.63) is 20.8 Å². The number of terminal acetylenes is 1. The molecule has 0 amide bonds. The lowest BCUT2D eigenvalue weighted by Gasteiger charge is -2.00. The first-order valence-corrected chi connectivity index (χ1v) is 7.10. The van der Waals surface area contributed by atoms with E-state index < -0.39 is 0 Å². The molecule has 1 aromatic heterocycles. The minimum absolute atomic E-state index is 0.812. The highest BCUT2D eigenvalue weighted by Gasteiger charge is 1.96. The summed E-state index contributed by atoms with van der Waals surface area (Å²) < 4.78 is 1.17. The number of hydrogen-bond donors (Lipinski definition) is 1. The van der Waals surface area contributed by atoms with Crippen molar-refractivity contribution in [3.63, 3.8) is 0 Å². The van der Waals surface area contributed by atoms with Crippen LogP contribution >= 0.6 is 39.0 Å². The van der Waals surface area contributed by atoms with Crippen LogP contribution in [0.1, 0.15) is 4.88 Å². The maximum Gasteiger partial charge on any atom is 0.0545 e. The molecular formula is C10H12BrNS2. The van der Waals surface area contributed by atoms with Gasteiger partial charge >= 0.3 is 0 Å². The molecular weight excluding hydrogens is 278 g/mol. The van der Waals surface area contributed by atoms with Crippen LogP contribution in [0.3, 0.4) is 0 Å². The Bertz CT molecular complexity index is 303. The molecule has 4 heteroatoms. The van der Waals surface area contributed by atoms with Crippen molar-refractivity contribution in [2.24, 2.45) is 0 Å². The van der Waals surface area contributed by atoms with E-state index in [0.29, 0.717) is 0 Å². The maximum atomic E-state index is 5.14. The fraction of sp³-hybridized carbons (Fsp3) is 0.400. The van der Waals surface area contributed by atoms with Gasteiger partial charge in [0.1, 0.15) is 0 Å². The predicted octanol–water partition coefficient (Wildman–Crippen LogP) is 2.97. The van der Waals surface area contributed by atoms with Crippen LogP contribution in [0.25, 0.3) is 0 Å². The Morgan fingerprint density at radius 1 is 1.64 bits per heavy atom. The second-order valence-electron chi connectivity index (χ2n) is 2.66. The van der Waals surface area contributed by atoms with Crippen LogP contribution < -0.4 is 5.32 Å². The number of thiophene rings is 1. The molecule has 0 saturated heterocycles. The van der Waals surface area contributed by atoms with Gasteiger partial charge in [-0.05, 0) is 22.0 Å². The molecule has 0 aliphatic carbocycles. The largest absolute Gasteiger partial charge is 0.311 e. The van der Waals surface area contributed by atoms with E-state index in [0.717, 1.165) is 24.6 Å². The van der Waals surface area contributed by atoms with E-state index in [2.05, 4.69) is 38.6 Å². The molecule has 1 nitrogen and oxygen atoms in total. The number of thioether (sulfide) groups is 1. The van der Waals surface area contributed by atoms with Gasteiger partial charge in [0.2, 0.25) is 0 Å². The van der Waals surface area contributed by atoms with E-state index in [9.17, 15) is 0 Å². The normalized spacial score (nSPS) is 10.0. The van der Waals surface area contributed by atoms with E-state index in [1.807, 2.05) is 0 Å². The van der Waals surface area contributed by atoms with Crippen LogP contribution in [0.5, 0.6) is 0 Å². The number of halogens is 1. The second-order valence-corrected chi connectivity index (χ2v) is 5.68. The van der Waals surface area contributed by atoms with Crippen molar-refractivity contribution in [2.75, 3.05) is 18.1 Å². The molecule has 0 atom stereocenters. The first-order chi connectivity index (χ1) is 6.83. The summed E-state index contributed by atoms with van der Waals surface area (Å²) >= 11 is 6.99. The molecule has 0 bridgehead atoms. The minimum atomic E-state index is 0.812. The molecule has 14 heavy (non-hydrogen) atoms. The molecule has 0 aliphatic heterocycles. The Morgan fingerprint density at radius 2 is 2.50 bits per heavy atom. The summed E-state index contributed by atoms with van der Waals surface area (Å²) in [7, 11) is 0. The molecule has 0 unspecified atom stereocenters. The molecule has 0 fully saturated rings. The highest BCUT2D eigenvalue weighted by molar-refractivity contribution is 9.10. The van der Waals surface area contributed by atoms with E-state index in [1.54, 1.807) is 23.1 Å². The van der Waals surface area contributed by atoms with Crippen LogP contribution in [0.4, 0.5) is 0 Å². The van der Waals surface area contributed by atoms with Gasteiger partial charge in [-0.2, -0.15) is 0 Å². The van der Waals surface area contributed by atoms with E-state index in [1.165, 1.54) is 9.35 Å². The fourth-order valence-corrected chi connectivity index (χ4v) is 2.91. The van der Waals surface area contributed by atoms with Gasteiger partial charge in [-0.15, -0.1) is 29.5 Å². The molecule has 1 aromatic rings. The summed E-state index contributed by atoms with van der Waals surface area (Å²) in [6.07, 6.45) is 5.14. The SMILES string of the molecule is C#CCSCCNCc1cc(Br)cs1. The van der Waals surface area contributed by atoms with Gasteiger partial charge in [0.15, 0.2) is 0 Å². The topological polar surface area (TPSA) is 12.0 Å².